The third-order valence-corrected chi connectivity index (χ3v) is 4.72. The van der Waals surface area contributed by atoms with E-state index in [9.17, 15) is 4.79 Å². The fourth-order valence-electron chi connectivity index (χ4n) is 3.04. The molecule has 0 aromatic heterocycles. The predicted molar refractivity (Wildman–Crippen MR) is 108 cm³/mol. The van der Waals surface area contributed by atoms with Gasteiger partial charge in [-0.25, -0.2) is 5.43 Å². The highest BCUT2D eigenvalue weighted by Crippen LogP contribution is 2.35. The van der Waals surface area contributed by atoms with Crippen LogP contribution in [0.25, 0.3) is 0 Å². The van der Waals surface area contributed by atoms with E-state index in [2.05, 4.69) is 15.4 Å². The average molecular weight is 388 g/mol. The molecule has 0 aliphatic carbocycles. The summed E-state index contributed by atoms with van der Waals surface area (Å²) in [4.78, 5) is 14.6. The number of halogens is 1. The zero-order valence-electron chi connectivity index (χ0n) is 15.4. The topological polar surface area (TPSA) is 63.2 Å². The number of nitrogens with zero attached hydrogens (tertiary/aromatic N) is 2. The molecule has 0 bridgehead atoms. The Bertz CT molecular complexity index is 831. The van der Waals surface area contributed by atoms with E-state index < -0.39 is 0 Å². The van der Waals surface area contributed by atoms with Gasteiger partial charge >= 0.3 is 0 Å². The molecule has 1 heterocycles. The van der Waals surface area contributed by atoms with Crippen molar-refractivity contribution in [3.05, 3.63) is 52.5 Å². The molecule has 27 heavy (non-hydrogen) atoms. The molecule has 3 rings (SSSR count). The van der Waals surface area contributed by atoms with Gasteiger partial charge in [0.2, 0.25) is 0 Å². The third kappa shape index (κ3) is 4.52. The normalized spacial score (nSPS) is 13.8. The van der Waals surface area contributed by atoms with Gasteiger partial charge in [0, 0.05) is 24.3 Å². The van der Waals surface area contributed by atoms with Crippen LogP contribution in [-0.4, -0.2) is 39.4 Å². The summed E-state index contributed by atoms with van der Waals surface area (Å²) in [5.74, 6) is 0.680. The molecule has 7 heteroatoms. The molecule has 142 valence electrons. The van der Waals surface area contributed by atoms with E-state index in [-0.39, 0.29) is 5.91 Å². The SMILES string of the molecule is COc1cc(/C=N\NC(=O)c2ccc(N3CCCC3)cc2)cc(Cl)c1OC. The van der Waals surface area contributed by atoms with Crippen LogP contribution in [0.15, 0.2) is 41.5 Å². The predicted octanol–water partition coefficient (Wildman–Crippen LogP) is 3.72. The Morgan fingerprint density at radius 1 is 1.15 bits per heavy atom. The van der Waals surface area contributed by atoms with E-state index in [0.717, 1.165) is 18.8 Å². The monoisotopic (exact) mass is 387 g/mol. The Hall–Kier alpha value is -2.73. The average Bonchev–Trinajstić information content (AvgIpc) is 3.22. The van der Waals surface area contributed by atoms with Crippen molar-refractivity contribution in [1.29, 1.82) is 0 Å². The number of rotatable bonds is 6. The standard InChI is InChI=1S/C20H22ClN3O3/c1-26-18-12-14(11-17(21)19(18)27-2)13-22-23-20(25)15-5-7-16(8-6-15)24-9-3-4-10-24/h5-8,11-13H,3-4,9-10H2,1-2H3,(H,23,25)/b22-13-. The minimum Gasteiger partial charge on any atom is -0.493 e. The highest BCUT2D eigenvalue weighted by Gasteiger charge is 2.13. The lowest BCUT2D eigenvalue weighted by Crippen LogP contribution is -2.19. The fourth-order valence-corrected chi connectivity index (χ4v) is 3.34. The molecule has 0 radical (unpaired) electrons. The molecule has 1 amide bonds. The Morgan fingerprint density at radius 3 is 2.48 bits per heavy atom. The molecule has 1 saturated heterocycles. The fraction of sp³-hybridized carbons (Fsp3) is 0.300. The molecule has 1 N–H and O–H groups in total. The van der Waals surface area contributed by atoms with Gasteiger partial charge in [-0.2, -0.15) is 5.10 Å². The van der Waals surface area contributed by atoms with Crippen molar-refractivity contribution < 1.29 is 14.3 Å². The van der Waals surface area contributed by atoms with E-state index in [1.807, 2.05) is 24.3 Å². The molecule has 0 saturated carbocycles. The first kappa shape index (κ1) is 19.0. The number of ether oxygens (including phenoxy) is 2. The Balaban J connectivity index is 1.64. The Morgan fingerprint density at radius 2 is 1.85 bits per heavy atom. The molecule has 1 fully saturated rings. The number of anilines is 1. The minimum absolute atomic E-state index is 0.272. The van der Waals surface area contributed by atoms with Crippen molar-refractivity contribution >= 4 is 29.4 Å². The quantitative estimate of drug-likeness (QED) is 0.606. The van der Waals surface area contributed by atoms with Crippen molar-refractivity contribution in [2.45, 2.75) is 12.8 Å². The van der Waals surface area contributed by atoms with Crippen LogP contribution in [0.1, 0.15) is 28.8 Å². The van der Waals surface area contributed by atoms with Crippen LogP contribution < -0.4 is 19.8 Å². The molecular weight excluding hydrogens is 366 g/mol. The van der Waals surface area contributed by atoms with Crippen molar-refractivity contribution in [3.63, 3.8) is 0 Å². The van der Waals surface area contributed by atoms with Gasteiger partial charge in [0.1, 0.15) is 0 Å². The summed E-state index contributed by atoms with van der Waals surface area (Å²) >= 11 is 6.16. The number of carbonyl (C=O) groups is 1. The van der Waals surface area contributed by atoms with Gasteiger partial charge in [0.15, 0.2) is 11.5 Å². The lowest BCUT2D eigenvalue weighted by atomic mass is 10.2. The number of amides is 1. The van der Waals surface area contributed by atoms with Crippen molar-refractivity contribution in [3.8, 4) is 11.5 Å². The summed E-state index contributed by atoms with van der Waals surface area (Å²) in [7, 11) is 3.05. The molecule has 0 spiro atoms. The van der Waals surface area contributed by atoms with Crippen LogP contribution in [0, 0.1) is 0 Å². The van der Waals surface area contributed by atoms with Crippen molar-refractivity contribution in [2.75, 3.05) is 32.2 Å². The largest absolute Gasteiger partial charge is 0.493 e. The maximum Gasteiger partial charge on any atom is 0.271 e. The molecule has 0 unspecified atom stereocenters. The summed E-state index contributed by atoms with van der Waals surface area (Å²) in [6, 6.07) is 11.0. The van der Waals surface area contributed by atoms with Crippen LogP contribution in [0.3, 0.4) is 0 Å². The number of hydrazone groups is 1. The Labute approximate surface area is 163 Å². The van der Waals surface area contributed by atoms with Crippen LogP contribution in [-0.2, 0) is 0 Å². The van der Waals surface area contributed by atoms with E-state index in [0.29, 0.717) is 27.6 Å². The highest BCUT2D eigenvalue weighted by molar-refractivity contribution is 6.32. The lowest BCUT2D eigenvalue weighted by Gasteiger charge is -2.17. The zero-order valence-corrected chi connectivity index (χ0v) is 16.1. The van der Waals surface area contributed by atoms with Crippen molar-refractivity contribution in [2.24, 2.45) is 5.10 Å². The molecule has 2 aromatic rings. The van der Waals surface area contributed by atoms with Gasteiger partial charge < -0.3 is 14.4 Å². The number of nitrogens with one attached hydrogen (secondary N) is 1. The first-order valence-electron chi connectivity index (χ1n) is 8.72. The summed E-state index contributed by atoms with van der Waals surface area (Å²) in [5.41, 5.74) is 4.91. The van der Waals surface area contributed by atoms with Gasteiger partial charge in [0.05, 0.1) is 25.5 Å². The maximum atomic E-state index is 12.2. The van der Waals surface area contributed by atoms with Gasteiger partial charge in [-0.15, -0.1) is 0 Å². The molecule has 1 aliphatic rings. The number of hydrogen-bond donors (Lipinski definition) is 1. The van der Waals surface area contributed by atoms with Crippen LogP contribution in [0.4, 0.5) is 5.69 Å². The second-order valence-corrected chi connectivity index (χ2v) is 6.59. The molecule has 6 nitrogen and oxygen atoms in total. The number of methoxy groups -OCH3 is 2. The first-order chi connectivity index (χ1) is 13.1. The molecule has 0 atom stereocenters. The third-order valence-electron chi connectivity index (χ3n) is 4.44. The van der Waals surface area contributed by atoms with E-state index in [4.69, 9.17) is 21.1 Å². The summed E-state index contributed by atoms with van der Waals surface area (Å²) in [6.07, 6.45) is 3.94. The summed E-state index contributed by atoms with van der Waals surface area (Å²) in [6.45, 7) is 2.15. The van der Waals surface area contributed by atoms with E-state index in [1.54, 1.807) is 12.1 Å². The molecule has 2 aromatic carbocycles. The first-order valence-corrected chi connectivity index (χ1v) is 9.10. The smallest absolute Gasteiger partial charge is 0.271 e. The molecular formula is C20H22ClN3O3. The minimum atomic E-state index is -0.272. The summed E-state index contributed by atoms with van der Waals surface area (Å²) in [5, 5.41) is 4.40. The second-order valence-electron chi connectivity index (χ2n) is 6.18. The molecule has 1 aliphatic heterocycles. The van der Waals surface area contributed by atoms with Crippen molar-refractivity contribution in [1.82, 2.24) is 5.43 Å². The van der Waals surface area contributed by atoms with Gasteiger partial charge in [-0.3, -0.25) is 4.79 Å². The van der Waals surface area contributed by atoms with Gasteiger partial charge in [-0.05, 0) is 54.8 Å². The van der Waals surface area contributed by atoms with E-state index >= 15 is 0 Å². The number of carbonyl (C=O) groups excluding carboxylic acids is 1. The van der Waals surface area contributed by atoms with Gasteiger partial charge in [-0.1, -0.05) is 11.6 Å². The van der Waals surface area contributed by atoms with Crippen LogP contribution in [0.2, 0.25) is 5.02 Å². The maximum absolute atomic E-state index is 12.2. The van der Waals surface area contributed by atoms with Crippen LogP contribution in [0.5, 0.6) is 11.5 Å². The number of benzene rings is 2. The van der Waals surface area contributed by atoms with Crippen LogP contribution >= 0.6 is 11.6 Å². The van der Waals surface area contributed by atoms with Gasteiger partial charge in [0.25, 0.3) is 5.91 Å². The van der Waals surface area contributed by atoms with E-state index in [1.165, 1.54) is 33.3 Å². The lowest BCUT2D eigenvalue weighted by molar-refractivity contribution is 0.0955. The summed E-state index contributed by atoms with van der Waals surface area (Å²) < 4.78 is 10.4. The second kappa shape index (κ2) is 8.77. The number of hydrogen-bond acceptors (Lipinski definition) is 5. The highest BCUT2D eigenvalue weighted by atomic mass is 35.5. The Kier molecular flexibility index (Phi) is 6.19. The zero-order chi connectivity index (χ0) is 19.2.